The van der Waals surface area contributed by atoms with E-state index in [0.29, 0.717) is 12.1 Å². The number of amides is 2. The lowest BCUT2D eigenvalue weighted by Gasteiger charge is -2.35. The predicted molar refractivity (Wildman–Crippen MR) is 188 cm³/mol. The third-order valence-electron chi connectivity index (χ3n) is 8.94. The van der Waals surface area contributed by atoms with E-state index in [0.717, 1.165) is 59.9 Å². The summed E-state index contributed by atoms with van der Waals surface area (Å²) in [5.74, 6) is -0.670. The number of aryl methyl sites for hydroxylation is 3. The van der Waals surface area contributed by atoms with Gasteiger partial charge in [0.1, 0.15) is 12.6 Å². The zero-order valence-electron chi connectivity index (χ0n) is 27.6. The van der Waals surface area contributed by atoms with Crippen molar-refractivity contribution in [2.75, 3.05) is 10.8 Å². The molecule has 1 atom stereocenters. The zero-order valence-corrected chi connectivity index (χ0v) is 28.4. The number of rotatable bonds is 12. The molecule has 1 aliphatic rings. The highest BCUT2D eigenvalue weighted by Crippen LogP contribution is 2.29. The Morgan fingerprint density at radius 3 is 2.04 bits per heavy atom. The average Bonchev–Trinajstić information content (AvgIpc) is 3.08. The van der Waals surface area contributed by atoms with Crippen molar-refractivity contribution in [1.29, 1.82) is 0 Å². The van der Waals surface area contributed by atoms with Crippen LogP contribution in [-0.4, -0.2) is 43.8 Å². The first-order valence-corrected chi connectivity index (χ1v) is 17.9. The molecule has 0 saturated heterocycles. The Balaban J connectivity index is 1.58. The van der Waals surface area contributed by atoms with Gasteiger partial charge < -0.3 is 10.2 Å². The molecule has 0 spiro atoms. The summed E-state index contributed by atoms with van der Waals surface area (Å²) in [5, 5.41) is 3.26. The Bertz CT molecular complexity index is 1750. The first kappa shape index (κ1) is 33.9. The van der Waals surface area contributed by atoms with Gasteiger partial charge in [-0.1, -0.05) is 110 Å². The van der Waals surface area contributed by atoms with Gasteiger partial charge in [0.15, 0.2) is 0 Å². The lowest BCUT2D eigenvalue weighted by Crippen LogP contribution is -2.55. The van der Waals surface area contributed by atoms with Gasteiger partial charge in [-0.05, 0) is 74.1 Å². The molecule has 4 aromatic carbocycles. The molecular weight excluding hydrogens is 607 g/mol. The van der Waals surface area contributed by atoms with Crippen LogP contribution in [0, 0.1) is 20.8 Å². The van der Waals surface area contributed by atoms with Crippen LogP contribution >= 0.6 is 0 Å². The van der Waals surface area contributed by atoms with Crippen LogP contribution in [0.2, 0.25) is 0 Å². The van der Waals surface area contributed by atoms with Crippen LogP contribution in [-0.2, 0) is 32.6 Å². The number of hydrogen-bond donors (Lipinski definition) is 1. The number of sulfonamides is 1. The topological polar surface area (TPSA) is 86.8 Å². The zero-order chi connectivity index (χ0) is 33.4. The molecule has 7 nitrogen and oxygen atoms in total. The monoisotopic (exact) mass is 651 g/mol. The van der Waals surface area contributed by atoms with Crippen LogP contribution in [0.3, 0.4) is 0 Å². The van der Waals surface area contributed by atoms with E-state index in [1.54, 1.807) is 29.2 Å². The molecule has 5 rings (SSSR count). The Morgan fingerprint density at radius 2 is 1.38 bits per heavy atom. The van der Waals surface area contributed by atoms with Crippen molar-refractivity contribution >= 4 is 27.5 Å². The van der Waals surface area contributed by atoms with Crippen LogP contribution in [0.1, 0.15) is 59.9 Å². The molecule has 4 aromatic rings. The van der Waals surface area contributed by atoms with Crippen molar-refractivity contribution in [3.63, 3.8) is 0 Å². The smallest absolute Gasteiger partial charge is 0.264 e. The fourth-order valence-electron chi connectivity index (χ4n) is 6.21. The summed E-state index contributed by atoms with van der Waals surface area (Å²) in [6, 6.07) is 30.5. The summed E-state index contributed by atoms with van der Waals surface area (Å²) in [6.07, 6.45) is 5.38. The summed E-state index contributed by atoms with van der Waals surface area (Å²) in [4.78, 5) is 30.7. The second-order valence-corrected chi connectivity index (χ2v) is 14.5. The number of carbonyl (C=O) groups excluding carboxylic acids is 2. The maximum Gasteiger partial charge on any atom is 0.264 e. The third kappa shape index (κ3) is 8.69. The predicted octanol–water partition coefficient (Wildman–Crippen LogP) is 6.90. The van der Waals surface area contributed by atoms with Crippen LogP contribution in [0.15, 0.2) is 108 Å². The molecule has 0 aliphatic heterocycles. The van der Waals surface area contributed by atoms with Gasteiger partial charge in [0.2, 0.25) is 11.8 Å². The van der Waals surface area contributed by atoms with Crippen molar-refractivity contribution in [2.45, 2.75) is 82.8 Å². The molecular formula is C39H45N3O4S. The van der Waals surface area contributed by atoms with E-state index in [-0.39, 0.29) is 23.4 Å². The summed E-state index contributed by atoms with van der Waals surface area (Å²) in [5.41, 5.74) is 4.89. The summed E-state index contributed by atoms with van der Waals surface area (Å²) >= 11 is 0. The number of benzene rings is 4. The SMILES string of the molecule is Cc1ccc(CN(C(=O)CN(c2cc(C)ccc2C)S(=O)(=O)c2ccccc2)[C@H](Cc2ccccc2)C(=O)NC2CCCCC2)cc1. The van der Waals surface area contributed by atoms with E-state index in [2.05, 4.69) is 5.32 Å². The minimum absolute atomic E-state index is 0.0516. The van der Waals surface area contributed by atoms with Gasteiger partial charge in [-0.2, -0.15) is 0 Å². The molecule has 47 heavy (non-hydrogen) atoms. The number of anilines is 1. The van der Waals surface area contributed by atoms with Gasteiger partial charge in [0, 0.05) is 19.0 Å². The van der Waals surface area contributed by atoms with Crippen LogP contribution in [0.25, 0.3) is 0 Å². The van der Waals surface area contributed by atoms with E-state index in [1.807, 2.05) is 87.5 Å². The van der Waals surface area contributed by atoms with E-state index in [4.69, 9.17) is 0 Å². The minimum atomic E-state index is -4.14. The van der Waals surface area contributed by atoms with Gasteiger partial charge in [0.25, 0.3) is 10.0 Å². The van der Waals surface area contributed by atoms with Crippen LogP contribution < -0.4 is 9.62 Å². The second kappa shape index (κ2) is 15.4. The molecule has 0 radical (unpaired) electrons. The molecule has 2 amide bonds. The lowest BCUT2D eigenvalue weighted by molar-refractivity contribution is -0.140. The van der Waals surface area contributed by atoms with E-state index >= 15 is 0 Å². The molecule has 8 heteroatoms. The Kier molecular flexibility index (Phi) is 11.1. The number of nitrogens with zero attached hydrogens (tertiary/aromatic N) is 2. The molecule has 0 unspecified atom stereocenters. The highest BCUT2D eigenvalue weighted by atomic mass is 32.2. The van der Waals surface area contributed by atoms with Gasteiger partial charge >= 0.3 is 0 Å². The number of nitrogens with one attached hydrogen (secondary N) is 1. The van der Waals surface area contributed by atoms with Crippen molar-refractivity contribution in [2.24, 2.45) is 0 Å². The highest BCUT2D eigenvalue weighted by molar-refractivity contribution is 7.92. The van der Waals surface area contributed by atoms with Crippen LogP contribution in [0.4, 0.5) is 5.69 Å². The summed E-state index contributed by atoms with van der Waals surface area (Å²) in [6.45, 7) is 5.43. The average molecular weight is 652 g/mol. The maximum absolute atomic E-state index is 14.7. The Morgan fingerprint density at radius 1 is 0.766 bits per heavy atom. The first-order chi connectivity index (χ1) is 22.6. The largest absolute Gasteiger partial charge is 0.352 e. The number of hydrogen-bond acceptors (Lipinski definition) is 4. The van der Waals surface area contributed by atoms with E-state index < -0.39 is 28.5 Å². The molecule has 1 saturated carbocycles. The van der Waals surface area contributed by atoms with Gasteiger partial charge in [-0.25, -0.2) is 8.42 Å². The lowest BCUT2D eigenvalue weighted by atomic mass is 9.94. The van der Waals surface area contributed by atoms with E-state index in [9.17, 15) is 18.0 Å². The van der Waals surface area contributed by atoms with E-state index in [1.165, 1.54) is 16.4 Å². The Hall–Kier alpha value is -4.43. The third-order valence-corrected chi connectivity index (χ3v) is 10.7. The number of carbonyl (C=O) groups is 2. The highest BCUT2D eigenvalue weighted by Gasteiger charge is 2.35. The fourth-order valence-corrected chi connectivity index (χ4v) is 7.70. The van der Waals surface area contributed by atoms with Gasteiger partial charge in [-0.3, -0.25) is 13.9 Å². The van der Waals surface area contributed by atoms with Crippen molar-refractivity contribution in [1.82, 2.24) is 10.2 Å². The van der Waals surface area contributed by atoms with Crippen molar-refractivity contribution in [3.8, 4) is 0 Å². The molecule has 0 bridgehead atoms. The van der Waals surface area contributed by atoms with Crippen molar-refractivity contribution < 1.29 is 18.0 Å². The normalized spacial score (nSPS) is 14.3. The summed E-state index contributed by atoms with van der Waals surface area (Å²) < 4.78 is 29.8. The van der Waals surface area contributed by atoms with Gasteiger partial charge in [-0.15, -0.1) is 0 Å². The molecule has 0 aromatic heterocycles. The quantitative estimate of drug-likeness (QED) is 0.181. The van der Waals surface area contributed by atoms with Crippen molar-refractivity contribution in [3.05, 3.63) is 131 Å². The molecule has 1 fully saturated rings. The standard InChI is InChI=1S/C39H45N3O4S/c1-29-20-23-33(24-21-29)27-41(37(26-32-13-7-4-8-14-32)39(44)40-34-15-9-5-10-16-34)38(43)28-42(36-25-30(2)19-22-31(36)3)47(45,46)35-17-11-6-12-18-35/h4,6-8,11-14,17-25,34,37H,5,9-10,15-16,26-28H2,1-3H3,(H,40,44)/t37-/m1/s1. The fraction of sp³-hybridized carbons (Fsp3) is 0.333. The molecule has 1 N–H and O–H groups in total. The maximum atomic E-state index is 14.7. The Labute approximate surface area is 279 Å². The minimum Gasteiger partial charge on any atom is -0.352 e. The van der Waals surface area contributed by atoms with Gasteiger partial charge in [0.05, 0.1) is 10.6 Å². The molecule has 0 heterocycles. The molecule has 1 aliphatic carbocycles. The first-order valence-electron chi connectivity index (χ1n) is 16.5. The van der Waals surface area contributed by atoms with Crippen LogP contribution in [0.5, 0.6) is 0 Å². The molecule has 246 valence electrons. The second-order valence-electron chi connectivity index (χ2n) is 12.7. The summed E-state index contributed by atoms with van der Waals surface area (Å²) in [7, 11) is -4.14.